The lowest BCUT2D eigenvalue weighted by atomic mass is 10.2. The smallest absolute Gasteiger partial charge is 0.322 e. The second-order valence-corrected chi connectivity index (χ2v) is 5.36. The summed E-state index contributed by atoms with van der Waals surface area (Å²) >= 11 is 0. The standard InChI is InChI=1S/C16H22N4O2/c1-4-7-19(8-9-21)16(22)17-14-5-6-15-13(10-14)11-20(18-15)12(2)3/h4-6,10-12,21H,1,7-9H2,2-3H3,(H,17,22). The first-order valence-corrected chi connectivity index (χ1v) is 7.31. The molecule has 22 heavy (non-hydrogen) atoms. The number of carbonyl (C=O) groups excluding carboxylic acids is 1. The molecule has 0 aliphatic rings. The Morgan fingerprint density at radius 3 is 2.95 bits per heavy atom. The minimum Gasteiger partial charge on any atom is -0.395 e. The third-order valence-electron chi connectivity index (χ3n) is 3.31. The molecule has 0 bridgehead atoms. The molecule has 118 valence electrons. The number of amides is 2. The van der Waals surface area contributed by atoms with Crippen LogP contribution in [0.2, 0.25) is 0 Å². The number of hydrogen-bond donors (Lipinski definition) is 2. The van der Waals surface area contributed by atoms with Gasteiger partial charge in [0.25, 0.3) is 0 Å². The van der Waals surface area contributed by atoms with Crippen molar-refractivity contribution in [2.75, 3.05) is 25.0 Å². The Balaban J connectivity index is 2.16. The average molecular weight is 302 g/mol. The van der Waals surface area contributed by atoms with Gasteiger partial charge in [-0.15, -0.1) is 6.58 Å². The average Bonchev–Trinajstić information content (AvgIpc) is 2.90. The molecule has 0 radical (unpaired) electrons. The molecule has 0 unspecified atom stereocenters. The molecule has 6 nitrogen and oxygen atoms in total. The Morgan fingerprint density at radius 1 is 1.55 bits per heavy atom. The largest absolute Gasteiger partial charge is 0.395 e. The van der Waals surface area contributed by atoms with E-state index < -0.39 is 0 Å². The van der Waals surface area contributed by atoms with Gasteiger partial charge in [0.2, 0.25) is 0 Å². The number of carbonyl (C=O) groups is 1. The Kier molecular flexibility index (Phi) is 5.16. The van der Waals surface area contributed by atoms with E-state index in [1.54, 1.807) is 6.08 Å². The second kappa shape index (κ2) is 7.09. The molecule has 2 aromatic rings. The van der Waals surface area contributed by atoms with Crippen molar-refractivity contribution in [3.8, 4) is 0 Å². The van der Waals surface area contributed by atoms with Crippen LogP contribution in [0.1, 0.15) is 19.9 Å². The molecule has 0 aliphatic heterocycles. The minimum absolute atomic E-state index is 0.0819. The van der Waals surface area contributed by atoms with Crippen molar-refractivity contribution >= 4 is 22.6 Å². The fourth-order valence-corrected chi connectivity index (χ4v) is 2.14. The van der Waals surface area contributed by atoms with Crippen LogP contribution in [0.15, 0.2) is 37.1 Å². The minimum atomic E-state index is -0.260. The van der Waals surface area contributed by atoms with Crippen LogP contribution in [0.4, 0.5) is 10.5 Å². The van der Waals surface area contributed by atoms with Gasteiger partial charge in [-0.25, -0.2) is 4.79 Å². The van der Waals surface area contributed by atoms with Gasteiger partial charge < -0.3 is 15.3 Å². The predicted molar refractivity (Wildman–Crippen MR) is 88.0 cm³/mol. The zero-order valence-corrected chi connectivity index (χ0v) is 13.0. The number of nitrogens with zero attached hydrogens (tertiary/aromatic N) is 3. The monoisotopic (exact) mass is 302 g/mol. The maximum absolute atomic E-state index is 12.2. The van der Waals surface area contributed by atoms with Gasteiger partial charge in [0, 0.05) is 36.4 Å². The van der Waals surface area contributed by atoms with Crippen LogP contribution in [0.3, 0.4) is 0 Å². The summed E-state index contributed by atoms with van der Waals surface area (Å²) in [7, 11) is 0. The van der Waals surface area contributed by atoms with E-state index in [2.05, 4.69) is 30.8 Å². The zero-order valence-electron chi connectivity index (χ0n) is 13.0. The molecule has 0 aliphatic carbocycles. The van der Waals surface area contributed by atoms with Crippen LogP contribution in [0.5, 0.6) is 0 Å². The number of anilines is 1. The van der Waals surface area contributed by atoms with Crippen LogP contribution in [-0.4, -0.2) is 45.5 Å². The molecule has 1 heterocycles. The lowest BCUT2D eigenvalue weighted by molar-refractivity contribution is 0.195. The molecule has 0 fully saturated rings. The molecular weight excluding hydrogens is 280 g/mol. The fourth-order valence-electron chi connectivity index (χ4n) is 2.14. The van der Waals surface area contributed by atoms with E-state index in [1.165, 1.54) is 4.90 Å². The van der Waals surface area contributed by atoms with Crippen molar-refractivity contribution in [2.45, 2.75) is 19.9 Å². The molecular formula is C16H22N4O2. The molecule has 0 spiro atoms. The highest BCUT2D eigenvalue weighted by Crippen LogP contribution is 2.20. The third kappa shape index (κ3) is 3.65. The van der Waals surface area contributed by atoms with Crippen LogP contribution in [-0.2, 0) is 0 Å². The van der Waals surface area contributed by atoms with Crippen molar-refractivity contribution in [1.82, 2.24) is 14.7 Å². The topological polar surface area (TPSA) is 70.4 Å². The summed E-state index contributed by atoms with van der Waals surface area (Å²) in [6.45, 7) is 8.33. The van der Waals surface area contributed by atoms with E-state index in [0.29, 0.717) is 12.2 Å². The number of aliphatic hydroxyl groups is 1. The highest BCUT2D eigenvalue weighted by atomic mass is 16.3. The number of rotatable bonds is 6. The molecule has 1 aromatic carbocycles. The van der Waals surface area contributed by atoms with Crippen molar-refractivity contribution < 1.29 is 9.90 Å². The molecule has 1 aromatic heterocycles. The number of nitrogens with one attached hydrogen (secondary N) is 1. The number of aromatic nitrogens is 2. The highest BCUT2D eigenvalue weighted by Gasteiger charge is 2.12. The van der Waals surface area contributed by atoms with Gasteiger partial charge >= 0.3 is 6.03 Å². The number of aliphatic hydroxyl groups excluding tert-OH is 1. The van der Waals surface area contributed by atoms with E-state index in [0.717, 1.165) is 10.9 Å². The summed E-state index contributed by atoms with van der Waals surface area (Å²) in [5.41, 5.74) is 1.60. The van der Waals surface area contributed by atoms with Gasteiger partial charge in [0.1, 0.15) is 0 Å². The summed E-state index contributed by atoms with van der Waals surface area (Å²) in [5, 5.41) is 17.3. The first kappa shape index (κ1) is 16.0. The highest BCUT2D eigenvalue weighted by molar-refractivity contribution is 5.92. The third-order valence-corrected chi connectivity index (χ3v) is 3.31. The lowest BCUT2D eigenvalue weighted by Gasteiger charge is -2.20. The van der Waals surface area contributed by atoms with Crippen molar-refractivity contribution in [3.63, 3.8) is 0 Å². The SMILES string of the molecule is C=CCN(CCO)C(=O)Nc1ccc2nn(C(C)C)cc2c1. The van der Waals surface area contributed by atoms with Crippen LogP contribution < -0.4 is 5.32 Å². The van der Waals surface area contributed by atoms with Crippen LogP contribution in [0, 0.1) is 0 Å². The molecule has 0 saturated heterocycles. The summed E-state index contributed by atoms with van der Waals surface area (Å²) in [5.74, 6) is 0. The van der Waals surface area contributed by atoms with E-state index in [4.69, 9.17) is 5.11 Å². The van der Waals surface area contributed by atoms with E-state index >= 15 is 0 Å². The second-order valence-electron chi connectivity index (χ2n) is 5.36. The first-order valence-electron chi connectivity index (χ1n) is 7.31. The van der Waals surface area contributed by atoms with Crippen molar-refractivity contribution in [3.05, 3.63) is 37.1 Å². The van der Waals surface area contributed by atoms with Gasteiger partial charge in [0.05, 0.1) is 12.1 Å². The van der Waals surface area contributed by atoms with Gasteiger partial charge in [-0.1, -0.05) is 6.08 Å². The summed E-state index contributed by atoms with van der Waals surface area (Å²) < 4.78 is 1.89. The van der Waals surface area contributed by atoms with Crippen molar-refractivity contribution in [2.24, 2.45) is 0 Å². The fraction of sp³-hybridized carbons (Fsp3) is 0.375. The zero-order chi connectivity index (χ0) is 16.1. The maximum atomic E-state index is 12.2. The summed E-state index contributed by atoms with van der Waals surface area (Å²) in [6, 6.07) is 5.63. The Morgan fingerprint density at radius 2 is 2.32 bits per heavy atom. The molecule has 2 rings (SSSR count). The number of urea groups is 1. The van der Waals surface area contributed by atoms with E-state index in [-0.39, 0.29) is 25.2 Å². The Labute approximate surface area is 130 Å². The summed E-state index contributed by atoms with van der Waals surface area (Å²) in [6.07, 6.45) is 3.59. The molecule has 2 amide bonds. The van der Waals surface area contributed by atoms with Crippen molar-refractivity contribution in [1.29, 1.82) is 0 Å². The van der Waals surface area contributed by atoms with Crippen LogP contribution >= 0.6 is 0 Å². The van der Waals surface area contributed by atoms with Gasteiger partial charge in [-0.3, -0.25) is 4.68 Å². The number of benzene rings is 1. The molecule has 0 atom stereocenters. The normalized spacial score (nSPS) is 10.9. The first-order chi connectivity index (χ1) is 10.5. The van der Waals surface area contributed by atoms with Gasteiger partial charge in [0.15, 0.2) is 0 Å². The quantitative estimate of drug-likeness (QED) is 0.806. The predicted octanol–water partition coefficient (Wildman–Crippen LogP) is 2.63. The molecule has 6 heteroatoms. The summed E-state index contributed by atoms with van der Waals surface area (Å²) in [4.78, 5) is 13.7. The van der Waals surface area contributed by atoms with Gasteiger partial charge in [-0.2, -0.15) is 5.10 Å². The number of hydrogen-bond acceptors (Lipinski definition) is 3. The Hall–Kier alpha value is -2.34. The lowest BCUT2D eigenvalue weighted by Crippen LogP contribution is -2.37. The van der Waals surface area contributed by atoms with E-state index in [9.17, 15) is 4.79 Å². The van der Waals surface area contributed by atoms with E-state index in [1.807, 2.05) is 29.1 Å². The Bertz CT molecular complexity index is 663. The molecule has 0 saturated carbocycles. The molecule has 2 N–H and O–H groups in total. The van der Waals surface area contributed by atoms with Gasteiger partial charge in [-0.05, 0) is 32.0 Å². The number of fused-ring (bicyclic) bond motifs is 1. The van der Waals surface area contributed by atoms with Crippen LogP contribution in [0.25, 0.3) is 10.9 Å². The maximum Gasteiger partial charge on any atom is 0.322 e.